The van der Waals surface area contributed by atoms with Crippen LogP contribution in [0.5, 0.6) is 0 Å². The van der Waals surface area contributed by atoms with Crippen LogP contribution in [-0.4, -0.2) is 37.4 Å². The minimum absolute atomic E-state index is 0.0638. The number of methoxy groups -OCH3 is 2. The first-order chi connectivity index (χ1) is 10.1. The third-order valence-corrected chi connectivity index (χ3v) is 9.16. The highest BCUT2D eigenvalue weighted by Crippen LogP contribution is 3.07. The molecule has 1 saturated heterocycles. The van der Waals surface area contributed by atoms with E-state index >= 15 is 0 Å². The predicted octanol–water partition coefficient (Wildman–Crippen LogP) is 0.372. The summed E-state index contributed by atoms with van der Waals surface area (Å²) < 4.78 is 16.8. The molecule has 8 aliphatic rings. The van der Waals surface area contributed by atoms with E-state index in [4.69, 9.17) is 14.2 Å². The van der Waals surface area contributed by atoms with E-state index < -0.39 is 10.8 Å². The van der Waals surface area contributed by atoms with Gasteiger partial charge in [-0.15, -0.1) is 0 Å². The Kier molecular flexibility index (Phi) is 1.13. The largest absolute Gasteiger partial charge is 0.469 e. The van der Waals surface area contributed by atoms with Crippen LogP contribution < -0.4 is 0 Å². The molecule has 8 fully saturated rings. The molecular formula is C16H16O5. The first kappa shape index (κ1) is 10.6. The van der Waals surface area contributed by atoms with Crippen molar-refractivity contribution in [3.63, 3.8) is 0 Å². The molecule has 4 bridgehead atoms. The summed E-state index contributed by atoms with van der Waals surface area (Å²) >= 11 is 0. The van der Waals surface area contributed by atoms with Gasteiger partial charge in [0.2, 0.25) is 0 Å². The molecule has 5 nitrogen and oxygen atoms in total. The molecule has 0 aromatic heterocycles. The number of esters is 2. The van der Waals surface area contributed by atoms with Gasteiger partial charge in [-0.3, -0.25) is 9.59 Å². The second kappa shape index (κ2) is 2.25. The lowest BCUT2D eigenvalue weighted by atomic mass is 9.39. The van der Waals surface area contributed by atoms with Gasteiger partial charge in [-0.05, 0) is 36.5 Å². The van der Waals surface area contributed by atoms with E-state index in [2.05, 4.69) is 0 Å². The van der Waals surface area contributed by atoms with Crippen LogP contribution in [0.1, 0.15) is 12.8 Å². The fraction of sp³-hybridized carbons (Fsp3) is 0.875. The van der Waals surface area contributed by atoms with Gasteiger partial charge in [-0.2, -0.15) is 0 Å². The van der Waals surface area contributed by atoms with Crippen molar-refractivity contribution in [2.24, 2.45) is 46.3 Å². The molecule has 10 atom stereocenters. The number of rotatable bonds is 2. The molecule has 0 aromatic rings. The second-order valence-electron chi connectivity index (χ2n) is 8.25. The molecular weight excluding hydrogens is 272 g/mol. The number of ether oxygens (including phenoxy) is 3. The third-order valence-electron chi connectivity index (χ3n) is 9.16. The van der Waals surface area contributed by atoms with Crippen molar-refractivity contribution in [2.75, 3.05) is 14.2 Å². The van der Waals surface area contributed by atoms with Crippen LogP contribution in [0.2, 0.25) is 0 Å². The molecule has 7 saturated carbocycles. The van der Waals surface area contributed by atoms with Crippen LogP contribution in [0.4, 0.5) is 0 Å². The average Bonchev–Trinajstić information content (AvgIpc) is 2.69. The van der Waals surface area contributed by atoms with Gasteiger partial charge in [0, 0.05) is 11.8 Å². The Labute approximate surface area is 121 Å². The molecule has 1 aliphatic heterocycles. The molecule has 8 rings (SSSR count). The molecule has 0 aromatic carbocycles. The lowest BCUT2D eigenvalue weighted by molar-refractivity contribution is -0.226. The van der Waals surface area contributed by atoms with Crippen molar-refractivity contribution in [3.05, 3.63) is 0 Å². The van der Waals surface area contributed by atoms with Crippen molar-refractivity contribution in [1.29, 1.82) is 0 Å². The standard InChI is InChI=1S/C16H16O5/c1-19-11(17)13-7-4-8-14(13,12(18)20-2)10-6-3-5(9(10)13)15(7)16(6,8)21-15/h5-10H,3-4H2,1-2H3/t5-,6+,7-,8-,9-,10+,13+,14+,15+,16-/m1/s1. The maximum atomic E-state index is 12.9. The number of epoxide rings is 1. The van der Waals surface area contributed by atoms with Gasteiger partial charge in [-0.1, -0.05) is 0 Å². The van der Waals surface area contributed by atoms with E-state index in [1.54, 1.807) is 0 Å². The zero-order chi connectivity index (χ0) is 14.2. The SMILES string of the molecule is COC(=O)[C@@]12[C@@H]3[C@H]4[C@H]5C[C@@H]3[C@]36O[C@]53[C@H](C[C@@H]61)[C@@]42C(=O)OC. The van der Waals surface area contributed by atoms with Crippen LogP contribution in [0.25, 0.3) is 0 Å². The normalized spacial score (nSPS) is 73.8. The van der Waals surface area contributed by atoms with Gasteiger partial charge in [0.25, 0.3) is 0 Å². The quantitative estimate of drug-likeness (QED) is 0.542. The van der Waals surface area contributed by atoms with Gasteiger partial charge < -0.3 is 14.2 Å². The molecule has 2 spiro atoms. The molecule has 5 heteroatoms. The van der Waals surface area contributed by atoms with Crippen LogP contribution in [0.15, 0.2) is 0 Å². The number of carbonyl (C=O) groups excluding carboxylic acids is 2. The molecule has 7 aliphatic carbocycles. The zero-order valence-electron chi connectivity index (χ0n) is 11.9. The van der Waals surface area contributed by atoms with Crippen LogP contribution in [0, 0.1) is 46.3 Å². The van der Waals surface area contributed by atoms with Crippen molar-refractivity contribution in [1.82, 2.24) is 0 Å². The molecule has 0 unspecified atom stereocenters. The summed E-state index contributed by atoms with van der Waals surface area (Å²) in [6.45, 7) is 0. The Balaban J connectivity index is 1.62. The predicted molar refractivity (Wildman–Crippen MR) is 65.6 cm³/mol. The highest BCUT2D eigenvalue weighted by Gasteiger charge is 3.16. The van der Waals surface area contributed by atoms with Crippen molar-refractivity contribution >= 4 is 11.9 Å². The summed E-state index contributed by atoms with van der Waals surface area (Å²) in [7, 11) is 2.91. The Morgan fingerprint density at radius 3 is 1.81 bits per heavy atom. The Morgan fingerprint density at radius 2 is 1.38 bits per heavy atom. The lowest BCUT2D eigenvalue weighted by Gasteiger charge is -2.60. The highest BCUT2D eigenvalue weighted by molar-refractivity contribution is 5.98. The Morgan fingerprint density at radius 1 is 0.905 bits per heavy atom. The summed E-state index contributed by atoms with van der Waals surface area (Å²) in [5, 5.41) is 0. The van der Waals surface area contributed by atoms with E-state index in [0.717, 1.165) is 12.8 Å². The van der Waals surface area contributed by atoms with E-state index in [9.17, 15) is 9.59 Å². The topological polar surface area (TPSA) is 65.1 Å². The minimum Gasteiger partial charge on any atom is -0.469 e. The number of hydrogen-bond acceptors (Lipinski definition) is 5. The van der Waals surface area contributed by atoms with E-state index in [1.165, 1.54) is 14.2 Å². The summed E-state index contributed by atoms with van der Waals surface area (Å²) in [6.07, 6.45) is 2.12. The lowest BCUT2D eigenvalue weighted by Crippen LogP contribution is -2.70. The maximum absolute atomic E-state index is 12.9. The Bertz CT molecular complexity index is 647. The smallest absolute Gasteiger partial charge is 0.313 e. The van der Waals surface area contributed by atoms with Crippen molar-refractivity contribution in [3.8, 4) is 0 Å². The van der Waals surface area contributed by atoms with Crippen LogP contribution >= 0.6 is 0 Å². The summed E-state index contributed by atoms with van der Waals surface area (Å²) in [6, 6.07) is 0. The minimum atomic E-state index is -0.625. The van der Waals surface area contributed by atoms with E-state index in [-0.39, 0.29) is 35.0 Å². The first-order valence-electron chi connectivity index (χ1n) is 7.98. The van der Waals surface area contributed by atoms with E-state index in [0.29, 0.717) is 23.7 Å². The summed E-state index contributed by atoms with van der Waals surface area (Å²) in [5.41, 5.74) is -1.38. The van der Waals surface area contributed by atoms with Gasteiger partial charge in [-0.25, -0.2) is 0 Å². The van der Waals surface area contributed by atoms with Crippen molar-refractivity contribution in [2.45, 2.75) is 24.0 Å². The van der Waals surface area contributed by atoms with Crippen LogP contribution in [0.3, 0.4) is 0 Å². The maximum Gasteiger partial charge on any atom is 0.313 e. The van der Waals surface area contributed by atoms with Gasteiger partial charge >= 0.3 is 11.9 Å². The molecule has 0 amide bonds. The number of hydrogen-bond donors (Lipinski definition) is 0. The molecule has 21 heavy (non-hydrogen) atoms. The number of carbonyl (C=O) groups is 2. The summed E-state index contributed by atoms with van der Waals surface area (Å²) in [5.74, 6) is 1.64. The van der Waals surface area contributed by atoms with E-state index in [1.807, 2.05) is 0 Å². The second-order valence-corrected chi connectivity index (χ2v) is 8.25. The summed E-state index contributed by atoms with van der Waals surface area (Å²) in [4.78, 5) is 25.7. The van der Waals surface area contributed by atoms with Crippen LogP contribution in [-0.2, 0) is 23.8 Å². The zero-order valence-corrected chi connectivity index (χ0v) is 11.9. The Hall–Kier alpha value is -1.10. The molecule has 1 heterocycles. The van der Waals surface area contributed by atoms with Crippen molar-refractivity contribution < 1.29 is 23.8 Å². The highest BCUT2D eigenvalue weighted by atomic mass is 16.6. The van der Waals surface area contributed by atoms with Gasteiger partial charge in [0.15, 0.2) is 0 Å². The fourth-order valence-electron chi connectivity index (χ4n) is 9.70. The molecule has 110 valence electrons. The average molecular weight is 288 g/mol. The third kappa shape index (κ3) is 0.491. The molecule has 0 radical (unpaired) electrons. The fourth-order valence-corrected chi connectivity index (χ4v) is 9.70. The van der Waals surface area contributed by atoms with Gasteiger partial charge in [0.05, 0.1) is 25.0 Å². The monoisotopic (exact) mass is 288 g/mol. The first-order valence-corrected chi connectivity index (χ1v) is 7.98. The molecule has 0 N–H and O–H groups in total. The van der Waals surface area contributed by atoms with Gasteiger partial charge in [0.1, 0.15) is 11.2 Å².